The monoisotopic (exact) mass is 204 g/mol. The lowest BCUT2D eigenvalue weighted by molar-refractivity contribution is 0.137. The van der Waals surface area contributed by atoms with E-state index in [4.69, 9.17) is 0 Å². The Hall–Kier alpha value is -0.520. The molecule has 0 aromatic carbocycles. The van der Waals surface area contributed by atoms with Crippen LogP contribution in [-0.4, -0.2) is 0 Å². The fourth-order valence-electron chi connectivity index (χ4n) is 3.31. The Morgan fingerprint density at radius 1 is 1.00 bits per heavy atom. The molecule has 2 aliphatic carbocycles. The minimum absolute atomic E-state index is 0.827. The molecule has 0 aliphatic heterocycles. The number of hydrogen-bond donors (Lipinski definition) is 0. The van der Waals surface area contributed by atoms with Gasteiger partial charge in [0.15, 0.2) is 0 Å². The van der Waals surface area contributed by atoms with Crippen molar-refractivity contribution in [3.63, 3.8) is 0 Å². The van der Waals surface area contributed by atoms with Crippen molar-refractivity contribution in [1.82, 2.24) is 0 Å². The molecule has 0 amide bonds. The predicted octanol–water partition coefficient (Wildman–Crippen LogP) is 4.44. The van der Waals surface area contributed by atoms with E-state index in [1.54, 1.807) is 0 Å². The smallest absolute Gasteiger partial charge is 0.0136 e. The Morgan fingerprint density at radius 3 is 2.47 bits per heavy atom. The van der Waals surface area contributed by atoms with E-state index in [1.165, 1.54) is 19.3 Å². The van der Waals surface area contributed by atoms with Crippen LogP contribution < -0.4 is 0 Å². The highest BCUT2D eigenvalue weighted by Crippen LogP contribution is 2.43. The lowest BCUT2D eigenvalue weighted by Crippen LogP contribution is -2.33. The van der Waals surface area contributed by atoms with Crippen molar-refractivity contribution < 1.29 is 0 Å². The Morgan fingerprint density at radius 2 is 1.73 bits per heavy atom. The van der Waals surface area contributed by atoms with Crippen LogP contribution >= 0.6 is 0 Å². The third-order valence-electron chi connectivity index (χ3n) is 4.59. The van der Waals surface area contributed by atoms with Crippen molar-refractivity contribution in [3.8, 4) is 0 Å². The van der Waals surface area contributed by atoms with Crippen molar-refractivity contribution in [2.75, 3.05) is 0 Å². The molecule has 0 aromatic heterocycles. The standard InChI is InChI=1S/C15H24/c1-11(2)12(3)14-10-6-8-13-7-4-5-9-15(13)14/h4-5,7,9,11-15H,6,8,10H2,1-3H3. The van der Waals surface area contributed by atoms with Gasteiger partial charge in [-0.1, -0.05) is 51.5 Å². The second-order valence-corrected chi connectivity index (χ2v) is 5.71. The van der Waals surface area contributed by atoms with Gasteiger partial charge in [0, 0.05) is 0 Å². The van der Waals surface area contributed by atoms with Crippen molar-refractivity contribution in [2.24, 2.45) is 29.6 Å². The fraction of sp³-hybridized carbons (Fsp3) is 0.733. The maximum atomic E-state index is 2.47. The van der Waals surface area contributed by atoms with E-state index in [1.807, 2.05) is 0 Å². The van der Waals surface area contributed by atoms with Crippen LogP contribution in [0.5, 0.6) is 0 Å². The molecule has 0 bridgehead atoms. The Bertz CT molecular complexity index is 259. The van der Waals surface area contributed by atoms with Crippen LogP contribution in [0.15, 0.2) is 24.3 Å². The molecule has 0 radical (unpaired) electrons. The zero-order chi connectivity index (χ0) is 10.8. The summed E-state index contributed by atoms with van der Waals surface area (Å²) < 4.78 is 0. The Balaban J connectivity index is 2.11. The van der Waals surface area contributed by atoms with E-state index >= 15 is 0 Å². The average molecular weight is 204 g/mol. The number of hydrogen-bond acceptors (Lipinski definition) is 0. The summed E-state index contributed by atoms with van der Waals surface area (Å²) >= 11 is 0. The quantitative estimate of drug-likeness (QED) is 0.624. The zero-order valence-electron chi connectivity index (χ0n) is 10.3. The lowest BCUT2D eigenvalue weighted by atomic mass is 9.64. The summed E-state index contributed by atoms with van der Waals surface area (Å²) in [6.07, 6.45) is 13.7. The summed E-state index contributed by atoms with van der Waals surface area (Å²) in [4.78, 5) is 0. The highest BCUT2D eigenvalue weighted by atomic mass is 14.4. The van der Waals surface area contributed by atoms with E-state index in [0.29, 0.717) is 0 Å². The van der Waals surface area contributed by atoms with Gasteiger partial charge in [0.2, 0.25) is 0 Å². The van der Waals surface area contributed by atoms with Crippen molar-refractivity contribution >= 4 is 0 Å². The normalized spacial score (nSPS) is 36.7. The molecular formula is C15H24. The zero-order valence-corrected chi connectivity index (χ0v) is 10.3. The van der Waals surface area contributed by atoms with Gasteiger partial charge in [0.05, 0.1) is 0 Å². The van der Waals surface area contributed by atoms with E-state index in [-0.39, 0.29) is 0 Å². The molecule has 1 saturated carbocycles. The fourth-order valence-corrected chi connectivity index (χ4v) is 3.31. The van der Waals surface area contributed by atoms with E-state index in [2.05, 4.69) is 45.1 Å². The summed E-state index contributed by atoms with van der Waals surface area (Å²) in [6.45, 7) is 7.19. The maximum absolute atomic E-state index is 2.47. The maximum Gasteiger partial charge on any atom is -0.0136 e. The second-order valence-electron chi connectivity index (χ2n) is 5.71. The molecule has 4 unspecified atom stereocenters. The molecule has 1 fully saturated rings. The van der Waals surface area contributed by atoms with Crippen LogP contribution in [0.4, 0.5) is 0 Å². The molecule has 84 valence electrons. The second kappa shape index (κ2) is 4.55. The molecule has 0 spiro atoms. The van der Waals surface area contributed by atoms with E-state index < -0.39 is 0 Å². The summed E-state index contributed by atoms with van der Waals surface area (Å²) in [5.74, 6) is 4.29. The first-order valence-corrected chi connectivity index (χ1v) is 6.55. The molecule has 0 N–H and O–H groups in total. The number of allylic oxidation sites excluding steroid dienone is 4. The number of fused-ring (bicyclic) bond motifs is 1. The van der Waals surface area contributed by atoms with Gasteiger partial charge in [0.25, 0.3) is 0 Å². The van der Waals surface area contributed by atoms with Gasteiger partial charge >= 0.3 is 0 Å². The first-order chi connectivity index (χ1) is 7.20. The van der Waals surface area contributed by atoms with Crippen LogP contribution in [0.25, 0.3) is 0 Å². The molecule has 2 aliphatic rings. The van der Waals surface area contributed by atoms with Gasteiger partial charge in [-0.2, -0.15) is 0 Å². The average Bonchev–Trinajstić information content (AvgIpc) is 2.27. The number of rotatable bonds is 2. The first kappa shape index (κ1) is 11.0. The van der Waals surface area contributed by atoms with Gasteiger partial charge in [-0.05, 0) is 42.4 Å². The van der Waals surface area contributed by atoms with Crippen LogP contribution in [-0.2, 0) is 0 Å². The summed E-state index contributed by atoms with van der Waals surface area (Å²) in [5.41, 5.74) is 0. The van der Waals surface area contributed by atoms with Crippen LogP contribution in [0.3, 0.4) is 0 Å². The van der Waals surface area contributed by atoms with E-state index in [0.717, 1.165) is 29.6 Å². The van der Waals surface area contributed by atoms with Gasteiger partial charge in [-0.25, -0.2) is 0 Å². The molecular weight excluding hydrogens is 180 g/mol. The van der Waals surface area contributed by atoms with Gasteiger partial charge < -0.3 is 0 Å². The van der Waals surface area contributed by atoms with Crippen LogP contribution in [0, 0.1) is 29.6 Å². The summed E-state index contributed by atoms with van der Waals surface area (Å²) in [6, 6.07) is 0. The van der Waals surface area contributed by atoms with Gasteiger partial charge in [-0.3, -0.25) is 0 Å². The molecule has 0 heteroatoms. The van der Waals surface area contributed by atoms with Crippen molar-refractivity contribution in [1.29, 1.82) is 0 Å². The molecule has 0 saturated heterocycles. The molecule has 2 rings (SSSR count). The minimum Gasteiger partial charge on any atom is -0.0808 e. The highest BCUT2D eigenvalue weighted by Gasteiger charge is 2.34. The summed E-state index contributed by atoms with van der Waals surface area (Å²) in [7, 11) is 0. The minimum atomic E-state index is 0.827. The SMILES string of the molecule is CC(C)C(C)C1CCCC2C=CC=CC21. The highest BCUT2D eigenvalue weighted by molar-refractivity contribution is 5.16. The molecule has 0 aromatic rings. The topological polar surface area (TPSA) is 0 Å². The lowest BCUT2D eigenvalue weighted by Gasteiger charge is -2.41. The third kappa shape index (κ3) is 2.19. The summed E-state index contributed by atoms with van der Waals surface area (Å²) in [5, 5.41) is 0. The Labute approximate surface area is 94.5 Å². The molecule has 0 heterocycles. The van der Waals surface area contributed by atoms with Gasteiger partial charge in [-0.15, -0.1) is 0 Å². The van der Waals surface area contributed by atoms with Crippen LogP contribution in [0.2, 0.25) is 0 Å². The molecule has 15 heavy (non-hydrogen) atoms. The van der Waals surface area contributed by atoms with Crippen LogP contribution in [0.1, 0.15) is 40.0 Å². The van der Waals surface area contributed by atoms with Crippen molar-refractivity contribution in [2.45, 2.75) is 40.0 Å². The molecule has 0 nitrogen and oxygen atoms in total. The van der Waals surface area contributed by atoms with Crippen molar-refractivity contribution in [3.05, 3.63) is 24.3 Å². The van der Waals surface area contributed by atoms with E-state index in [9.17, 15) is 0 Å². The first-order valence-electron chi connectivity index (χ1n) is 6.55. The Kier molecular flexibility index (Phi) is 3.33. The van der Waals surface area contributed by atoms with Gasteiger partial charge in [0.1, 0.15) is 0 Å². The third-order valence-corrected chi connectivity index (χ3v) is 4.59. The largest absolute Gasteiger partial charge is 0.0808 e. The molecule has 4 atom stereocenters. The predicted molar refractivity (Wildman–Crippen MR) is 66.6 cm³/mol.